The summed E-state index contributed by atoms with van der Waals surface area (Å²) in [6.07, 6.45) is 0. The summed E-state index contributed by atoms with van der Waals surface area (Å²) in [5.41, 5.74) is 3.12. The Morgan fingerprint density at radius 1 is 1.06 bits per heavy atom. The van der Waals surface area contributed by atoms with Crippen LogP contribution in [0.15, 0.2) is 64.9 Å². The molecule has 1 aliphatic heterocycles. The molecule has 2 aromatic carbocycles. The van der Waals surface area contributed by atoms with Gasteiger partial charge in [-0.2, -0.15) is 4.72 Å². The molecule has 7 nitrogen and oxygen atoms in total. The van der Waals surface area contributed by atoms with Crippen LogP contribution in [-0.4, -0.2) is 61.3 Å². The van der Waals surface area contributed by atoms with Crippen LogP contribution in [0.5, 0.6) is 0 Å². The van der Waals surface area contributed by atoms with Gasteiger partial charge in [0.15, 0.2) is 0 Å². The zero-order chi connectivity index (χ0) is 23.4. The van der Waals surface area contributed by atoms with E-state index in [1.165, 1.54) is 0 Å². The summed E-state index contributed by atoms with van der Waals surface area (Å²) in [6.45, 7) is 6.80. The second-order valence-electron chi connectivity index (χ2n) is 8.27. The Bertz CT molecular complexity index is 1190. The molecular formula is C24H28N4O3S2. The maximum atomic E-state index is 12.9. The maximum Gasteiger partial charge on any atom is 0.241 e. The Balaban J connectivity index is 1.29. The molecule has 0 aliphatic carbocycles. The minimum atomic E-state index is -3.75. The van der Waals surface area contributed by atoms with Crippen LogP contribution in [0.1, 0.15) is 18.2 Å². The smallest absolute Gasteiger partial charge is 0.241 e. The number of aromatic nitrogens is 1. The van der Waals surface area contributed by atoms with Crippen molar-refractivity contribution in [1.29, 1.82) is 0 Å². The number of amides is 1. The van der Waals surface area contributed by atoms with Gasteiger partial charge in [-0.05, 0) is 26.0 Å². The van der Waals surface area contributed by atoms with Crippen LogP contribution in [0.3, 0.4) is 0 Å². The van der Waals surface area contributed by atoms with Crippen LogP contribution < -0.4 is 4.72 Å². The molecular weight excluding hydrogens is 456 g/mol. The molecule has 0 spiro atoms. The largest absolute Gasteiger partial charge is 0.339 e. The number of carbonyl (C=O) groups excluding carboxylic acids is 1. The Morgan fingerprint density at radius 2 is 1.73 bits per heavy atom. The molecule has 0 bridgehead atoms. The minimum absolute atomic E-state index is 0.163. The van der Waals surface area contributed by atoms with E-state index < -0.39 is 16.1 Å². The number of sulfonamides is 1. The molecule has 1 fully saturated rings. The van der Waals surface area contributed by atoms with E-state index in [1.807, 2.05) is 25.1 Å². The number of hydrogen-bond acceptors (Lipinski definition) is 6. The van der Waals surface area contributed by atoms with Gasteiger partial charge in [-0.25, -0.2) is 13.4 Å². The number of nitrogens with zero attached hydrogens (tertiary/aromatic N) is 3. The van der Waals surface area contributed by atoms with Crippen molar-refractivity contribution in [2.24, 2.45) is 0 Å². The zero-order valence-corrected chi connectivity index (χ0v) is 20.4. The molecule has 0 unspecified atom stereocenters. The Hall–Kier alpha value is -2.59. The highest BCUT2D eigenvalue weighted by Gasteiger charge is 2.28. The van der Waals surface area contributed by atoms with E-state index in [4.69, 9.17) is 4.98 Å². The van der Waals surface area contributed by atoms with Crippen LogP contribution in [0, 0.1) is 6.92 Å². The van der Waals surface area contributed by atoms with Crippen LogP contribution in [-0.2, 0) is 21.4 Å². The quantitative estimate of drug-likeness (QED) is 0.557. The molecule has 1 N–H and O–H groups in total. The molecule has 1 atom stereocenters. The molecule has 4 rings (SSSR count). The summed E-state index contributed by atoms with van der Waals surface area (Å²) in [5, 5.41) is 3.09. The second-order valence-corrected chi connectivity index (χ2v) is 10.8. The highest BCUT2D eigenvalue weighted by Crippen LogP contribution is 2.24. The summed E-state index contributed by atoms with van der Waals surface area (Å²) >= 11 is 1.64. The SMILES string of the molecule is Cc1ccc(S(=O)(=O)N[C@@H](C)C(=O)N2CCN(Cc3csc(-c4ccccc4)n3)CC2)cc1. The molecule has 1 saturated heterocycles. The summed E-state index contributed by atoms with van der Waals surface area (Å²) in [4.78, 5) is 21.8. The average Bonchev–Trinajstić information content (AvgIpc) is 3.28. The van der Waals surface area contributed by atoms with Crippen molar-refractivity contribution in [3.05, 3.63) is 71.2 Å². The Labute approximate surface area is 199 Å². The Kier molecular flexibility index (Phi) is 7.23. The number of hydrogen-bond donors (Lipinski definition) is 1. The molecule has 1 amide bonds. The lowest BCUT2D eigenvalue weighted by atomic mass is 10.2. The van der Waals surface area contributed by atoms with E-state index in [2.05, 4.69) is 27.1 Å². The number of rotatable bonds is 7. The summed E-state index contributed by atoms with van der Waals surface area (Å²) < 4.78 is 27.7. The number of thiazole rings is 1. The average molecular weight is 485 g/mol. The first kappa shape index (κ1) is 23.6. The fourth-order valence-corrected chi connectivity index (χ4v) is 5.80. The third-order valence-electron chi connectivity index (χ3n) is 5.68. The fraction of sp³-hybridized carbons (Fsp3) is 0.333. The first-order chi connectivity index (χ1) is 15.8. The van der Waals surface area contributed by atoms with Gasteiger partial charge in [0.1, 0.15) is 5.01 Å². The van der Waals surface area contributed by atoms with Gasteiger partial charge in [0.2, 0.25) is 15.9 Å². The van der Waals surface area contributed by atoms with Crippen molar-refractivity contribution in [2.75, 3.05) is 26.2 Å². The molecule has 33 heavy (non-hydrogen) atoms. The highest BCUT2D eigenvalue weighted by molar-refractivity contribution is 7.89. The molecule has 174 valence electrons. The number of aryl methyl sites for hydroxylation is 1. The van der Waals surface area contributed by atoms with Gasteiger partial charge in [0, 0.05) is 43.7 Å². The summed E-state index contributed by atoms with van der Waals surface area (Å²) in [7, 11) is -3.75. The van der Waals surface area contributed by atoms with Gasteiger partial charge in [0.25, 0.3) is 0 Å². The van der Waals surface area contributed by atoms with Crippen molar-refractivity contribution in [2.45, 2.75) is 31.3 Å². The molecule has 0 radical (unpaired) electrons. The molecule has 1 aliphatic rings. The molecule has 0 saturated carbocycles. The van der Waals surface area contributed by atoms with E-state index >= 15 is 0 Å². The zero-order valence-electron chi connectivity index (χ0n) is 18.8. The van der Waals surface area contributed by atoms with Gasteiger partial charge >= 0.3 is 0 Å². The number of piperazine rings is 1. The third-order valence-corrected chi connectivity index (χ3v) is 8.17. The van der Waals surface area contributed by atoms with Crippen molar-refractivity contribution in [3.63, 3.8) is 0 Å². The monoisotopic (exact) mass is 484 g/mol. The van der Waals surface area contributed by atoms with Gasteiger partial charge < -0.3 is 4.90 Å². The topological polar surface area (TPSA) is 82.6 Å². The lowest BCUT2D eigenvalue weighted by Gasteiger charge is -2.35. The number of carbonyl (C=O) groups is 1. The lowest BCUT2D eigenvalue weighted by molar-refractivity contribution is -0.134. The molecule has 1 aromatic heterocycles. The normalized spacial score (nSPS) is 16.0. The highest BCUT2D eigenvalue weighted by atomic mass is 32.2. The fourth-order valence-electron chi connectivity index (χ4n) is 3.79. The maximum absolute atomic E-state index is 12.9. The first-order valence-corrected chi connectivity index (χ1v) is 13.3. The Morgan fingerprint density at radius 3 is 2.39 bits per heavy atom. The van der Waals surface area contributed by atoms with Crippen molar-refractivity contribution in [3.8, 4) is 10.6 Å². The molecule has 9 heteroatoms. The van der Waals surface area contributed by atoms with E-state index in [1.54, 1.807) is 47.4 Å². The summed E-state index contributed by atoms with van der Waals surface area (Å²) in [6, 6.07) is 15.9. The van der Waals surface area contributed by atoms with Crippen molar-refractivity contribution >= 4 is 27.3 Å². The predicted octanol–water partition coefficient (Wildman–Crippen LogP) is 3.13. The van der Waals surface area contributed by atoms with Gasteiger partial charge in [-0.1, -0.05) is 48.0 Å². The standard InChI is InChI=1S/C24H28N4O3S2/c1-18-8-10-22(11-9-18)33(30,31)26-19(2)24(29)28-14-12-27(13-15-28)16-21-17-32-23(25-21)20-6-4-3-5-7-20/h3-11,17,19,26H,12-16H2,1-2H3/t19-/m0/s1. The van der Waals surface area contributed by atoms with Gasteiger partial charge in [-0.15, -0.1) is 11.3 Å². The molecule has 2 heterocycles. The van der Waals surface area contributed by atoms with Crippen LogP contribution >= 0.6 is 11.3 Å². The van der Waals surface area contributed by atoms with E-state index in [-0.39, 0.29) is 10.8 Å². The van der Waals surface area contributed by atoms with Crippen LogP contribution in [0.25, 0.3) is 10.6 Å². The van der Waals surface area contributed by atoms with E-state index in [0.29, 0.717) is 13.1 Å². The van der Waals surface area contributed by atoms with Crippen LogP contribution in [0.2, 0.25) is 0 Å². The van der Waals surface area contributed by atoms with Crippen molar-refractivity contribution in [1.82, 2.24) is 19.5 Å². The third kappa shape index (κ3) is 5.86. The lowest BCUT2D eigenvalue weighted by Crippen LogP contribution is -2.53. The van der Waals surface area contributed by atoms with Gasteiger partial charge in [0.05, 0.1) is 16.6 Å². The number of benzene rings is 2. The van der Waals surface area contributed by atoms with Crippen LogP contribution in [0.4, 0.5) is 0 Å². The van der Waals surface area contributed by atoms with E-state index in [0.717, 1.165) is 41.5 Å². The predicted molar refractivity (Wildman–Crippen MR) is 130 cm³/mol. The van der Waals surface area contributed by atoms with E-state index in [9.17, 15) is 13.2 Å². The number of nitrogens with one attached hydrogen (secondary N) is 1. The summed E-state index contributed by atoms with van der Waals surface area (Å²) in [5.74, 6) is -0.203. The second kappa shape index (κ2) is 10.1. The first-order valence-electron chi connectivity index (χ1n) is 10.9. The minimum Gasteiger partial charge on any atom is -0.339 e. The van der Waals surface area contributed by atoms with Crippen molar-refractivity contribution < 1.29 is 13.2 Å². The molecule has 3 aromatic rings. The van der Waals surface area contributed by atoms with Gasteiger partial charge in [-0.3, -0.25) is 9.69 Å².